The highest BCUT2D eigenvalue weighted by Crippen LogP contribution is 2.41. The first kappa shape index (κ1) is 19.0. The zero-order valence-corrected chi connectivity index (χ0v) is 16.3. The van der Waals surface area contributed by atoms with E-state index in [1.54, 1.807) is 12.1 Å². The SMILES string of the molecule is CCOc1ccccc1C1c2c(nc(N3CCCCC3)[nH]c2=O)NC(=O)C1C#N. The van der Waals surface area contributed by atoms with Crippen LogP contribution in [0.4, 0.5) is 11.8 Å². The molecule has 0 bridgehead atoms. The molecular weight excluding hydrogens is 370 g/mol. The normalized spacial score (nSPS) is 21.1. The van der Waals surface area contributed by atoms with Crippen molar-refractivity contribution < 1.29 is 9.53 Å². The summed E-state index contributed by atoms with van der Waals surface area (Å²) in [5.74, 6) is -1.02. The maximum atomic E-state index is 13.1. The first-order chi connectivity index (χ1) is 14.1. The van der Waals surface area contributed by atoms with Crippen LogP contribution in [-0.2, 0) is 4.79 Å². The second-order valence-electron chi connectivity index (χ2n) is 7.24. The number of nitriles is 1. The van der Waals surface area contributed by atoms with Crippen molar-refractivity contribution in [3.8, 4) is 11.8 Å². The number of H-pyrrole nitrogens is 1. The largest absolute Gasteiger partial charge is 0.494 e. The summed E-state index contributed by atoms with van der Waals surface area (Å²) < 4.78 is 5.71. The Morgan fingerprint density at radius 1 is 1.24 bits per heavy atom. The Hall–Kier alpha value is -3.34. The van der Waals surface area contributed by atoms with Crippen LogP contribution in [0.25, 0.3) is 0 Å². The highest BCUT2D eigenvalue weighted by molar-refractivity contribution is 5.98. The van der Waals surface area contributed by atoms with Gasteiger partial charge in [-0.3, -0.25) is 14.6 Å². The predicted octanol–water partition coefficient (Wildman–Crippen LogP) is 2.38. The maximum absolute atomic E-state index is 13.1. The molecule has 150 valence electrons. The smallest absolute Gasteiger partial charge is 0.258 e. The Labute approximate surface area is 168 Å². The van der Waals surface area contributed by atoms with Crippen LogP contribution in [0.3, 0.4) is 0 Å². The van der Waals surface area contributed by atoms with E-state index >= 15 is 0 Å². The number of aromatic amines is 1. The molecule has 4 rings (SSSR count). The molecule has 2 aromatic rings. The highest BCUT2D eigenvalue weighted by Gasteiger charge is 2.41. The lowest BCUT2D eigenvalue weighted by Crippen LogP contribution is -2.40. The first-order valence-corrected chi connectivity index (χ1v) is 9.95. The Morgan fingerprint density at radius 3 is 2.72 bits per heavy atom. The number of rotatable bonds is 4. The standard InChI is InChI=1S/C21H23N5O3/c1-2-29-15-9-5-4-8-13(15)16-14(12-22)19(27)23-18-17(16)20(28)25-21(24-18)26-10-6-3-7-11-26/h4-5,8-9,14,16H,2-3,6-7,10-11H2,1H3,(H2,23,24,25,27,28). The number of ether oxygens (including phenoxy) is 1. The van der Waals surface area contributed by atoms with Crippen LogP contribution in [0.2, 0.25) is 0 Å². The highest BCUT2D eigenvalue weighted by atomic mass is 16.5. The molecular formula is C21H23N5O3. The van der Waals surface area contributed by atoms with Crippen molar-refractivity contribution >= 4 is 17.7 Å². The van der Waals surface area contributed by atoms with Crippen LogP contribution in [-0.4, -0.2) is 35.6 Å². The van der Waals surface area contributed by atoms with Crippen molar-refractivity contribution in [1.82, 2.24) is 9.97 Å². The minimum atomic E-state index is -1.05. The quantitative estimate of drug-likeness (QED) is 0.825. The van der Waals surface area contributed by atoms with Gasteiger partial charge in [0.25, 0.3) is 5.56 Å². The van der Waals surface area contributed by atoms with Crippen LogP contribution in [0, 0.1) is 17.2 Å². The number of hydrogen-bond donors (Lipinski definition) is 2. The van der Waals surface area contributed by atoms with Crippen molar-refractivity contribution in [3.05, 3.63) is 45.7 Å². The van der Waals surface area contributed by atoms with Gasteiger partial charge in [0.05, 0.1) is 18.2 Å². The number of nitrogens with one attached hydrogen (secondary N) is 2. The summed E-state index contributed by atoms with van der Waals surface area (Å²) in [5.41, 5.74) is 0.589. The minimum Gasteiger partial charge on any atom is -0.494 e. The third kappa shape index (κ3) is 3.44. The number of amides is 1. The number of anilines is 2. The van der Waals surface area contributed by atoms with Gasteiger partial charge < -0.3 is 15.0 Å². The van der Waals surface area contributed by atoms with E-state index in [1.807, 2.05) is 24.0 Å². The predicted molar refractivity (Wildman–Crippen MR) is 108 cm³/mol. The molecule has 1 amide bonds. The molecule has 1 aromatic heterocycles. The Kier molecular flexibility index (Phi) is 5.21. The van der Waals surface area contributed by atoms with E-state index in [-0.39, 0.29) is 11.4 Å². The second-order valence-corrected chi connectivity index (χ2v) is 7.24. The van der Waals surface area contributed by atoms with Gasteiger partial charge in [-0.25, -0.2) is 0 Å². The molecule has 2 N–H and O–H groups in total. The molecule has 2 aliphatic heterocycles. The van der Waals surface area contributed by atoms with Gasteiger partial charge in [-0.1, -0.05) is 18.2 Å². The number of fused-ring (bicyclic) bond motifs is 1. The monoisotopic (exact) mass is 393 g/mol. The number of benzene rings is 1. The summed E-state index contributed by atoms with van der Waals surface area (Å²) in [6, 6.07) is 9.26. The maximum Gasteiger partial charge on any atom is 0.258 e. The van der Waals surface area contributed by atoms with Crippen molar-refractivity contribution in [2.24, 2.45) is 5.92 Å². The van der Waals surface area contributed by atoms with Gasteiger partial charge in [0.15, 0.2) is 0 Å². The molecule has 0 aliphatic carbocycles. The summed E-state index contributed by atoms with van der Waals surface area (Å²) >= 11 is 0. The van der Waals surface area contributed by atoms with E-state index in [9.17, 15) is 14.9 Å². The fraction of sp³-hybridized carbons (Fsp3) is 0.429. The summed E-state index contributed by atoms with van der Waals surface area (Å²) in [4.78, 5) is 35.3. The molecule has 8 nitrogen and oxygen atoms in total. The van der Waals surface area contributed by atoms with Crippen LogP contribution in [0.15, 0.2) is 29.1 Å². The summed E-state index contributed by atoms with van der Waals surface area (Å²) in [7, 11) is 0. The van der Waals surface area contributed by atoms with Crippen molar-refractivity contribution in [1.29, 1.82) is 5.26 Å². The van der Waals surface area contributed by atoms with E-state index in [4.69, 9.17) is 4.74 Å². The molecule has 3 heterocycles. The molecule has 2 atom stereocenters. The van der Waals surface area contributed by atoms with E-state index in [2.05, 4.69) is 21.4 Å². The molecule has 29 heavy (non-hydrogen) atoms. The van der Waals surface area contributed by atoms with Gasteiger partial charge in [-0.15, -0.1) is 0 Å². The first-order valence-electron chi connectivity index (χ1n) is 9.95. The zero-order chi connectivity index (χ0) is 20.4. The fourth-order valence-electron chi connectivity index (χ4n) is 4.11. The molecule has 1 aromatic carbocycles. The third-order valence-electron chi connectivity index (χ3n) is 5.46. The van der Waals surface area contributed by atoms with E-state index in [1.165, 1.54) is 0 Å². The summed E-state index contributed by atoms with van der Waals surface area (Å²) in [6.45, 7) is 3.92. The van der Waals surface area contributed by atoms with E-state index < -0.39 is 17.7 Å². The van der Waals surface area contributed by atoms with Crippen LogP contribution < -0.4 is 20.5 Å². The number of para-hydroxylation sites is 1. The van der Waals surface area contributed by atoms with E-state index in [0.29, 0.717) is 29.4 Å². The van der Waals surface area contributed by atoms with Crippen molar-refractivity contribution in [3.63, 3.8) is 0 Å². The van der Waals surface area contributed by atoms with Crippen LogP contribution in [0.5, 0.6) is 5.75 Å². The molecule has 1 saturated heterocycles. The van der Waals surface area contributed by atoms with Gasteiger partial charge >= 0.3 is 0 Å². The zero-order valence-electron chi connectivity index (χ0n) is 16.3. The average molecular weight is 393 g/mol. The number of piperidine rings is 1. The number of carbonyl (C=O) groups excluding carboxylic acids is 1. The number of carbonyl (C=O) groups is 1. The van der Waals surface area contributed by atoms with Gasteiger partial charge in [0.1, 0.15) is 17.5 Å². The Balaban J connectivity index is 1.86. The van der Waals surface area contributed by atoms with Crippen molar-refractivity contribution in [2.45, 2.75) is 32.1 Å². The average Bonchev–Trinajstić information content (AvgIpc) is 2.74. The van der Waals surface area contributed by atoms with Gasteiger partial charge in [0.2, 0.25) is 11.9 Å². The summed E-state index contributed by atoms with van der Waals surface area (Å²) in [5, 5.41) is 12.4. The third-order valence-corrected chi connectivity index (χ3v) is 5.46. The molecule has 1 fully saturated rings. The van der Waals surface area contributed by atoms with Gasteiger partial charge in [-0.2, -0.15) is 10.2 Å². The van der Waals surface area contributed by atoms with Crippen LogP contribution >= 0.6 is 0 Å². The Bertz CT molecular complexity index is 1020. The van der Waals surface area contributed by atoms with E-state index in [0.717, 1.165) is 32.4 Å². The summed E-state index contributed by atoms with van der Waals surface area (Å²) in [6.07, 6.45) is 3.23. The molecule has 0 spiro atoms. The molecule has 2 unspecified atom stereocenters. The number of aromatic nitrogens is 2. The molecule has 2 aliphatic rings. The van der Waals surface area contributed by atoms with Gasteiger partial charge in [0, 0.05) is 24.6 Å². The molecule has 0 saturated carbocycles. The minimum absolute atomic E-state index is 0.224. The van der Waals surface area contributed by atoms with Gasteiger partial charge in [-0.05, 0) is 32.3 Å². The molecule has 8 heteroatoms. The topological polar surface area (TPSA) is 111 Å². The lowest BCUT2D eigenvalue weighted by molar-refractivity contribution is -0.119. The number of hydrogen-bond acceptors (Lipinski definition) is 6. The van der Waals surface area contributed by atoms with Crippen molar-refractivity contribution in [2.75, 3.05) is 29.9 Å². The molecule has 0 radical (unpaired) electrons. The second kappa shape index (κ2) is 7.95. The number of nitrogens with zero attached hydrogens (tertiary/aromatic N) is 3. The lowest BCUT2D eigenvalue weighted by Gasteiger charge is -2.31. The lowest BCUT2D eigenvalue weighted by atomic mass is 9.79. The van der Waals surface area contributed by atoms with Crippen LogP contribution in [0.1, 0.15) is 43.2 Å². The fourth-order valence-corrected chi connectivity index (χ4v) is 4.11. The Morgan fingerprint density at radius 2 is 2.00 bits per heavy atom.